The minimum atomic E-state index is -3.90. The zero-order chi connectivity index (χ0) is 55.2. The van der Waals surface area contributed by atoms with Crippen LogP contribution >= 0.6 is 0 Å². The zero-order valence-electron chi connectivity index (χ0n) is 44.4. The van der Waals surface area contributed by atoms with Crippen molar-refractivity contribution in [3.05, 3.63) is 148 Å². The van der Waals surface area contributed by atoms with Gasteiger partial charge in [0.05, 0.1) is 23.6 Å². The molecule has 5 aromatic rings. The van der Waals surface area contributed by atoms with Crippen LogP contribution in [0.5, 0.6) is 11.5 Å². The molecule has 5 aromatic carbocycles. The first-order valence-corrected chi connectivity index (χ1v) is 28.7. The van der Waals surface area contributed by atoms with E-state index in [-0.39, 0.29) is 86.4 Å². The van der Waals surface area contributed by atoms with Gasteiger partial charge in [0.25, 0.3) is 11.8 Å². The summed E-state index contributed by atoms with van der Waals surface area (Å²) in [6.45, 7) is 9.18. The summed E-state index contributed by atoms with van der Waals surface area (Å²) in [5.41, 5.74) is 6.96. The van der Waals surface area contributed by atoms with E-state index in [4.69, 9.17) is 9.47 Å². The van der Waals surface area contributed by atoms with Crippen LogP contribution in [0.1, 0.15) is 106 Å². The van der Waals surface area contributed by atoms with E-state index < -0.39 is 39.5 Å². The molecule has 0 aromatic heterocycles. The Balaban J connectivity index is 0.741. The quantitative estimate of drug-likeness (QED) is 0.104. The fourth-order valence-electron chi connectivity index (χ4n) is 12.0. The van der Waals surface area contributed by atoms with Crippen LogP contribution in [-0.4, -0.2) is 130 Å². The highest BCUT2D eigenvalue weighted by Crippen LogP contribution is 2.38. The third kappa shape index (κ3) is 11.3. The van der Waals surface area contributed by atoms with Gasteiger partial charge in [-0.3, -0.25) is 49.2 Å². The molecule has 3 N–H and O–H groups in total. The number of piperazine rings is 1. The van der Waals surface area contributed by atoms with Crippen molar-refractivity contribution in [1.29, 1.82) is 0 Å². The summed E-state index contributed by atoms with van der Waals surface area (Å²) in [6.07, 6.45) is 2.62. The Labute approximate surface area is 459 Å². The number of carbonyl (C=O) groups is 6. The first kappa shape index (κ1) is 53.7. The number of hydrogen-bond donors (Lipinski definition) is 3. The van der Waals surface area contributed by atoms with Gasteiger partial charge in [0.15, 0.2) is 0 Å². The SMILES string of the molecule is CC(C)(O)C1CCN(Cc2ccc(COc3cccc4c3CN(C3CCC(=O)NC3=O)C4=O)c(-c3cccc(S(=O)(=O)N4CCN(Cc5ccc(COc6cccc7c6CN(C6CCC(=O)NC6=O)C7=O)cc5)CC4)c3)c2)CC1. The minimum Gasteiger partial charge on any atom is -0.489 e. The van der Waals surface area contributed by atoms with E-state index >= 15 is 0 Å². The molecule has 0 saturated carbocycles. The van der Waals surface area contributed by atoms with Gasteiger partial charge >= 0.3 is 0 Å². The number of rotatable bonds is 16. The van der Waals surface area contributed by atoms with E-state index in [1.54, 1.807) is 52.8 Å². The van der Waals surface area contributed by atoms with Crippen molar-refractivity contribution >= 4 is 45.5 Å². The predicted octanol–water partition coefficient (Wildman–Crippen LogP) is 5.52. The molecule has 4 fully saturated rings. The summed E-state index contributed by atoms with van der Waals surface area (Å²) < 4.78 is 43.3. The highest BCUT2D eigenvalue weighted by Gasteiger charge is 2.42. The van der Waals surface area contributed by atoms with Crippen molar-refractivity contribution in [2.45, 2.75) is 114 Å². The predicted molar refractivity (Wildman–Crippen MR) is 290 cm³/mol. The van der Waals surface area contributed by atoms with Gasteiger partial charge in [-0.25, -0.2) is 8.42 Å². The molecule has 18 nitrogen and oxygen atoms in total. The smallest absolute Gasteiger partial charge is 0.255 e. The molecule has 0 radical (unpaired) electrons. The van der Waals surface area contributed by atoms with Crippen molar-refractivity contribution in [2.75, 3.05) is 39.3 Å². The fraction of sp³-hybridized carbons (Fsp3) is 0.400. The largest absolute Gasteiger partial charge is 0.489 e. The maximum absolute atomic E-state index is 14.5. The molecule has 6 amide bonds. The number of sulfonamides is 1. The van der Waals surface area contributed by atoms with Crippen LogP contribution in [0.4, 0.5) is 0 Å². The maximum atomic E-state index is 14.5. The van der Waals surface area contributed by atoms with Gasteiger partial charge in [-0.15, -0.1) is 0 Å². The van der Waals surface area contributed by atoms with E-state index in [9.17, 15) is 42.3 Å². The summed E-state index contributed by atoms with van der Waals surface area (Å²) in [5.74, 6) is -0.906. The second-order valence-corrected chi connectivity index (χ2v) is 24.1. The number of hydrogen-bond acceptors (Lipinski definition) is 13. The van der Waals surface area contributed by atoms with Gasteiger partial charge in [-0.1, -0.05) is 60.7 Å². The standard InChI is InChI=1S/C60H65N7O11S/c1-60(2,74)43-22-24-63(25-23-43)33-40-16-17-42(37-78-53-11-5-9-46-49(53)35-67(59(46)73)51-19-21-55(69)62-57(51)71)47(30-40)41-6-3-7-44(31-41)79(75,76)65-28-26-64(27-29-65)32-38-12-14-39(15-13-38)36-77-52-10-4-8-45-48(52)34-66(58(45)72)50-18-20-54(68)61-56(50)70/h3-17,30-31,43,50-51,74H,18-29,32-37H2,1-2H3,(H,61,68,70)(H,62,69,71). The van der Waals surface area contributed by atoms with Crippen LogP contribution in [0.2, 0.25) is 0 Å². The van der Waals surface area contributed by atoms with Crippen LogP contribution in [0.15, 0.2) is 108 Å². The lowest BCUT2D eigenvalue weighted by Gasteiger charge is -2.37. The summed E-state index contributed by atoms with van der Waals surface area (Å²) in [7, 11) is -3.90. The molecule has 2 atom stereocenters. The highest BCUT2D eigenvalue weighted by atomic mass is 32.2. The average molecular weight is 1090 g/mol. The normalized spacial score (nSPS) is 20.8. The Bertz CT molecular complexity index is 3340. The maximum Gasteiger partial charge on any atom is 0.255 e. The van der Waals surface area contributed by atoms with Crippen LogP contribution in [0, 0.1) is 5.92 Å². The van der Waals surface area contributed by atoms with Crippen molar-refractivity contribution < 1.29 is 51.8 Å². The molecule has 2 unspecified atom stereocenters. The summed E-state index contributed by atoms with van der Waals surface area (Å²) in [4.78, 5) is 83.8. The average Bonchev–Trinajstić information content (AvgIpc) is 4.20. The lowest BCUT2D eigenvalue weighted by molar-refractivity contribution is -0.138. The summed E-state index contributed by atoms with van der Waals surface area (Å²) >= 11 is 0. The molecular weight excluding hydrogens is 1030 g/mol. The molecule has 4 saturated heterocycles. The Hall–Kier alpha value is -7.29. The molecular formula is C60H65N7O11S. The number of nitrogens with one attached hydrogen (secondary N) is 2. The number of carbonyl (C=O) groups excluding carboxylic acids is 6. The third-order valence-electron chi connectivity index (χ3n) is 16.6. The van der Waals surface area contributed by atoms with Crippen molar-refractivity contribution in [1.82, 2.24) is 34.5 Å². The number of ether oxygens (including phenoxy) is 2. The number of aliphatic hydroxyl groups is 1. The number of imide groups is 2. The Morgan fingerprint density at radius 3 is 1.66 bits per heavy atom. The van der Waals surface area contributed by atoms with E-state index in [0.29, 0.717) is 78.6 Å². The molecule has 0 spiro atoms. The van der Waals surface area contributed by atoms with Crippen LogP contribution in [0.3, 0.4) is 0 Å². The van der Waals surface area contributed by atoms with Gasteiger partial charge in [0.1, 0.15) is 36.8 Å². The van der Waals surface area contributed by atoms with Crippen molar-refractivity contribution in [2.24, 2.45) is 5.92 Å². The number of amides is 6. The molecule has 19 heteroatoms. The molecule has 6 aliphatic rings. The number of nitrogens with zero attached hydrogens (tertiary/aromatic N) is 5. The molecule has 0 bridgehead atoms. The highest BCUT2D eigenvalue weighted by molar-refractivity contribution is 7.89. The van der Waals surface area contributed by atoms with Gasteiger partial charge in [-0.2, -0.15) is 4.31 Å². The monoisotopic (exact) mass is 1090 g/mol. The topological polar surface area (TPSA) is 216 Å². The van der Waals surface area contributed by atoms with E-state index in [1.165, 1.54) is 9.80 Å². The van der Waals surface area contributed by atoms with Gasteiger partial charge in [0.2, 0.25) is 33.7 Å². The van der Waals surface area contributed by atoms with Crippen molar-refractivity contribution in [3.63, 3.8) is 0 Å². The molecule has 11 rings (SSSR count). The molecule has 6 heterocycles. The lowest BCUT2D eigenvalue weighted by atomic mass is 9.83. The first-order valence-electron chi connectivity index (χ1n) is 27.2. The molecule has 6 aliphatic heterocycles. The Morgan fingerprint density at radius 2 is 1.09 bits per heavy atom. The lowest BCUT2D eigenvalue weighted by Crippen LogP contribution is -2.52. The number of likely N-dealkylation sites (tertiary alicyclic amines) is 1. The van der Waals surface area contributed by atoms with E-state index in [1.807, 2.05) is 56.3 Å². The summed E-state index contributed by atoms with van der Waals surface area (Å²) in [6, 6.07) is 30.4. The summed E-state index contributed by atoms with van der Waals surface area (Å²) in [5, 5.41) is 15.4. The van der Waals surface area contributed by atoms with Gasteiger partial charge in [0, 0.05) is 74.4 Å². The van der Waals surface area contributed by atoms with Crippen LogP contribution in [-0.2, 0) is 68.6 Å². The van der Waals surface area contributed by atoms with E-state index in [2.05, 4.69) is 32.6 Å². The van der Waals surface area contributed by atoms with Gasteiger partial charge < -0.3 is 24.4 Å². The zero-order valence-corrected chi connectivity index (χ0v) is 45.3. The Kier molecular flexibility index (Phi) is 15.0. The van der Waals surface area contributed by atoms with E-state index in [0.717, 1.165) is 53.7 Å². The third-order valence-corrected chi connectivity index (χ3v) is 18.5. The number of fused-ring (bicyclic) bond motifs is 2. The second kappa shape index (κ2) is 22.1. The molecule has 412 valence electrons. The minimum absolute atomic E-state index is 0.109. The first-order chi connectivity index (χ1) is 38.0. The van der Waals surface area contributed by atoms with Crippen molar-refractivity contribution in [3.8, 4) is 22.6 Å². The van der Waals surface area contributed by atoms with Gasteiger partial charge in [-0.05, 0) is 134 Å². The second-order valence-electron chi connectivity index (χ2n) is 22.2. The number of piperidine rings is 3. The fourth-order valence-corrected chi connectivity index (χ4v) is 13.4. The van der Waals surface area contributed by atoms with Crippen LogP contribution in [0.25, 0.3) is 11.1 Å². The molecule has 0 aliphatic carbocycles. The van der Waals surface area contributed by atoms with Crippen LogP contribution < -0.4 is 20.1 Å². The molecule has 79 heavy (non-hydrogen) atoms. The number of benzene rings is 5. The Morgan fingerprint density at radius 1 is 0.570 bits per heavy atom.